The Labute approximate surface area is 334 Å². The van der Waals surface area contributed by atoms with Crippen LogP contribution in [0.5, 0.6) is 0 Å². The van der Waals surface area contributed by atoms with Crippen LogP contribution < -0.4 is 5.32 Å². The standard InChI is InChI=1S/C48H87NO5/c1-3-5-7-9-11-13-15-16-17-18-19-20-21-22-23-24-26-28-30-35-39-43-48(53)54-45(40-36-32-29-27-25-14-12-10-8-6-4-2)41-37-33-31-34-38-42-46(50)49-44-47(51)52/h12,14,27,29,36,40,45H,3-11,13,15-26,28,30-35,37-39,41-44H2,1-2H3,(H,49,50)(H,51,52)/b14-12-,29-27-,40-36-. The van der Waals surface area contributed by atoms with E-state index in [2.05, 4.69) is 55.6 Å². The van der Waals surface area contributed by atoms with E-state index >= 15 is 0 Å². The molecule has 0 aliphatic rings. The van der Waals surface area contributed by atoms with E-state index in [1.54, 1.807) is 0 Å². The first-order chi connectivity index (χ1) is 26.5. The molecule has 2 N–H and O–H groups in total. The van der Waals surface area contributed by atoms with Crippen LogP contribution in [0.1, 0.15) is 239 Å². The molecule has 0 aromatic rings. The second-order valence-electron chi connectivity index (χ2n) is 15.7. The van der Waals surface area contributed by atoms with Gasteiger partial charge in [-0.1, -0.05) is 205 Å². The van der Waals surface area contributed by atoms with Crippen molar-refractivity contribution in [3.63, 3.8) is 0 Å². The first-order valence-corrected chi connectivity index (χ1v) is 23.1. The number of allylic oxidation sites excluding steroid dienone is 5. The molecular weight excluding hydrogens is 671 g/mol. The van der Waals surface area contributed by atoms with Crippen LogP contribution in [0.3, 0.4) is 0 Å². The molecule has 1 unspecified atom stereocenters. The molecule has 0 fully saturated rings. The lowest BCUT2D eigenvalue weighted by Gasteiger charge is -2.14. The molecule has 0 bridgehead atoms. The van der Waals surface area contributed by atoms with Crippen molar-refractivity contribution < 1.29 is 24.2 Å². The van der Waals surface area contributed by atoms with Gasteiger partial charge in [0.15, 0.2) is 0 Å². The highest BCUT2D eigenvalue weighted by molar-refractivity contribution is 5.80. The third-order valence-electron chi connectivity index (χ3n) is 10.3. The smallest absolute Gasteiger partial charge is 0.322 e. The number of esters is 1. The number of aliphatic carboxylic acids is 1. The van der Waals surface area contributed by atoms with Gasteiger partial charge < -0.3 is 15.2 Å². The zero-order valence-corrected chi connectivity index (χ0v) is 35.6. The Morgan fingerprint density at radius 1 is 0.500 bits per heavy atom. The van der Waals surface area contributed by atoms with Crippen molar-refractivity contribution >= 4 is 17.8 Å². The zero-order valence-electron chi connectivity index (χ0n) is 35.6. The number of carboxylic acids is 1. The Bertz CT molecular complexity index is 926. The second-order valence-corrected chi connectivity index (χ2v) is 15.7. The fraction of sp³-hybridized carbons (Fsp3) is 0.812. The summed E-state index contributed by atoms with van der Waals surface area (Å²) in [5, 5.41) is 11.1. The Hall–Kier alpha value is -2.37. The van der Waals surface area contributed by atoms with Crippen molar-refractivity contribution in [1.29, 1.82) is 0 Å². The number of amides is 1. The van der Waals surface area contributed by atoms with Gasteiger partial charge in [-0.3, -0.25) is 14.4 Å². The van der Waals surface area contributed by atoms with Gasteiger partial charge in [0.25, 0.3) is 0 Å². The number of carbonyl (C=O) groups is 3. The lowest BCUT2D eigenvalue weighted by Crippen LogP contribution is -2.28. The van der Waals surface area contributed by atoms with Gasteiger partial charge >= 0.3 is 11.9 Å². The van der Waals surface area contributed by atoms with E-state index in [1.807, 2.05) is 0 Å². The van der Waals surface area contributed by atoms with Crippen LogP contribution in [0, 0.1) is 0 Å². The highest BCUT2D eigenvalue weighted by Crippen LogP contribution is 2.17. The first kappa shape index (κ1) is 51.6. The summed E-state index contributed by atoms with van der Waals surface area (Å²) in [5.74, 6) is -1.31. The molecule has 314 valence electrons. The number of rotatable bonds is 42. The lowest BCUT2D eigenvalue weighted by molar-refractivity contribution is -0.147. The lowest BCUT2D eigenvalue weighted by atomic mass is 10.0. The van der Waals surface area contributed by atoms with Gasteiger partial charge in [0.05, 0.1) is 0 Å². The molecule has 0 radical (unpaired) electrons. The number of unbranched alkanes of at least 4 members (excludes halogenated alkanes) is 27. The van der Waals surface area contributed by atoms with Gasteiger partial charge in [0, 0.05) is 12.8 Å². The van der Waals surface area contributed by atoms with Crippen LogP contribution in [0.25, 0.3) is 0 Å². The normalized spacial score (nSPS) is 12.3. The summed E-state index contributed by atoms with van der Waals surface area (Å²) in [7, 11) is 0. The van der Waals surface area contributed by atoms with E-state index in [9.17, 15) is 14.4 Å². The van der Waals surface area contributed by atoms with E-state index in [0.29, 0.717) is 12.8 Å². The molecule has 0 saturated heterocycles. The van der Waals surface area contributed by atoms with E-state index in [-0.39, 0.29) is 24.5 Å². The van der Waals surface area contributed by atoms with E-state index in [1.165, 1.54) is 141 Å². The van der Waals surface area contributed by atoms with Crippen LogP contribution in [0.15, 0.2) is 36.5 Å². The molecule has 0 aliphatic heterocycles. The van der Waals surface area contributed by atoms with E-state index in [4.69, 9.17) is 9.84 Å². The molecule has 6 nitrogen and oxygen atoms in total. The first-order valence-electron chi connectivity index (χ1n) is 23.1. The Morgan fingerprint density at radius 2 is 0.907 bits per heavy atom. The van der Waals surface area contributed by atoms with Crippen LogP contribution in [0.4, 0.5) is 0 Å². The summed E-state index contributed by atoms with van der Waals surface area (Å²) in [6.45, 7) is 4.20. The summed E-state index contributed by atoms with van der Waals surface area (Å²) >= 11 is 0. The van der Waals surface area contributed by atoms with Gasteiger partial charge in [-0.15, -0.1) is 0 Å². The average molecular weight is 758 g/mol. The number of carboxylic acid groups (broad SMARTS) is 1. The minimum absolute atomic E-state index is 0.0846. The highest BCUT2D eigenvalue weighted by Gasteiger charge is 2.11. The van der Waals surface area contributed by atoms with Crippen molar-refractivity contribution in [3.8, 4) is 0 Å². The van der Waals surface area contributed by atoms with Crippen LogP contribution in [-0.4, -0.2) is 35.6 Å². The minimum atomic E-state index is -1.02. The monoisotopic (exact) mass is 758 g/mol. The van der Waals surface area contributed by atoms with Crippen LogP contribution >= 0.6 is 0 Å². The summed E-state index contributed by atoms with van der Waals surface area (Å²) in [6, 6.07) is 0. The molecule has 0 saturated carbocycles. The summed E-state index contributed by atoms with van der Waals surface area (Å²) in [6.07, 6.45) is 54.4. The quantitative estimate of drug-likeness (QED) is 0.0367. The predicted octanol–water partition coefficient (Wildman–Crippen LogP) is 14.5. The van der Waals surface area contributed by atoms with Crippen LogP contribution in [0.2, 0.25) is 0 Å². The molecule has 54 heavy (non-hydrogen) atoms. The third-order valence-corrected chi connectivity index (χ3v) is 10.3. The molecule has 0 spiro atoms. The van der Waals surface area contributed by atoms with Gasteiger partial charge in [-0.25, -0.2) is 0 Å². The number of carbonyl (C=O) groups excluding carboxylic acids is 2. The fourth-order valence-electron chi connectivity index (χ4n) is 6.85. The molecular formula is C48H87NO5. The largest absolute Gasteiger partial charge is 0.480 e. The summed E-state index contributed by atoms with van der Waals surface area (Å²) in [5.41, 5.74) is 0. The highest BCUT2D eigenvalue weighted by atomic mass is 16.5. The van der Waals surface area contributed by atoms with Gasteiger partial charge in [0.1, 0.15) is 12.6 Å². The maximum atomic E-state index is 12.7. The topological polar surface area (TPSA) is 92.7 Å². The van der Waals surface area contributed by atoms with E-state index in [0.717, 1.165) is 70.6 Å². The number of ether oxygens (including phenoxy) is 1. The van der Waals surface area contributed by atoms with Crippen molar-refractivity contribution in [1.82, 2.24) is 5.32 Å². The average Bonchev–Trinajstić information content (AvgIpc) is 3.16. The maximum absolute atomic E-state index is 12.7. The third kappa shape index (κ3) is 42.4. The molecule has 0 rings (SSSR count). The van der Waals surface area contributed by atoms with Crippen LogP contribution in [-0.2, 0) is 19.1 Å². The summed E-state index contributed by atoms with van der Waals surface area (Å²) in [4.78, 5) is 35.0. The van der Waals surface area contributed by atoms with Crippen molar-refractivity contribution in [2.45, 2.75) is 245 Å². The molecule has 0 aliphatic carbocycles. The SMILES string of the molecule is CCCCC/C=C\C/C=C\C/C=C\C(CCCCCCCC(=O)NCC(=O)O)OC(=O)CCCCCCCCCCCCCCCCCCCCCCC. The number of hydrogen-bond acceptors (Lipinski definition) is 4. The number of nitrogens with one attached hydrogen (secondary N) is 1. The van der Waals surface area contributed by atoms with Gasteiger partial charge in [0.2, 0.25) is 5.91 Å². The molecule has 0 aromatic carbocycles. The maximum Gasteiger partial charge on any atom is 0.322 e. The Balaban J connectivity index is 4.09. The fourth-order valence-corrected chi connectivity index (χ4v) is 6.85. The van der Waals surface area contributed by atoms with Crippen molar-refractivity contribution in [2.75, 3.05) is 6.54 Å². The number of hydrogen-bond donors (Lipinski definition) is 2. The van der Waals surface area contributed by atoms with Gasteiger partial charge in [-0.05, 0) is 57.4 Å². The Morgan fingerprint density at radius 3 is 1.41 bits per heavy atom. The molecule has 0 aromatic heterocycles. The second kappa shape index (κ2) is 43.4. The van der Waals surface area contributed by atoms with E-state index < -0.39 is 5.97 Å². The molecule has 6 heteroatoms. The Kier molecular flexibility index (Phi) is 41.5. The van der Waals surface area contributed by atoms with Gasteiger partial charge in [-0.2, -0.15) is 0 Å². The molecule has 1 atom stereocenters. The summed E-state index contributed by atoms with van der Waals surface area (Å²) < 4.78 is 5.93. The predicted molar refractivity (Wildman–Crippen MR) is 231 cm³/mol. The molecule has 0 heterocycles. The molecule has 1 amide bonds. The minimum Gasteiger partial charge on any atom is -0.480 e. The van der Waals surface area contributed by atoms with Crippen molar-refractivity contribution in [2.24, 2.45) is 0 Å². The van der Waals surface area contributed by atoms with Crippen molar-refractivity contribution in [3.05, 3.63) is 36.5 Å². The zero-order chi connectivity index (χ0) is 39.4.